The lowest BCUT2D eigenvalue weighted by molar-refractivity contribution is -0.146. The molecular weight excluding hydrogens is 511 g/mol. The van der Waals surface area contributed by atoms with E-state index in [0.717, 1.165) is 25.1 Å². The van der Waals surface area contributed by atoms with E-state index in [9.17, 15) is 23.1 Å². The number of likely N-dealkylation sites (tertiary alicyclic amines) is 1. The minimum Gasteiger partial charge on any atom is -0.481 e. The molecule has 0 radical (unpaired) electrons. The fourth-order valence-corrected chi connectivity index (χ4v) is 6.19. The standard InChI is InChI=1S/C34H32F3NO2/c35-34(36,37)30-18-16-26(17-19-30)32(31(39)40)20-23-38(24-21-32)25-22-33(27-10-4-1-5-11-27,28-12-6-2-7-13-28)29-14-8-3-9-15-29/h1-19H,20-25H2,(H,39,40). The number of alkyl halides is 3. The molecule has 0 aromatic heterocycles. The van der Waals surface area contributed by atoms with Crippen molar-refractivity contribution in [2.75, 3.05) is 19.6 Å². The highest BCUT2D eigenvalue weighted by molar-refractivity contribution is 5.81. The van der Waals surface area contributed by atoms with Gasteiger partial charge in [0.15, 0.2) is 0 Å². The second-order valence-electron chi connectivity index (χ2n) is 10.6. The molecule has 206 valence electrons. The monoisotopic (exact) mass is 543 g/mol. The Labute approximate surface area is 232 Å². The first-order chi connectivity index (χ1) is 19.3. The number of carbonyl (C=O) groups is 1. The van der Waals surface area contributed by atoms with Crippen LogP contribution in [0.25, 0.3) is 0 Å². The van der Waals surface area contributed by atoms with E-state index >= 15 is 0 Å². The molecule has 0 unspecified atom stereocenters. The van der Waals surface area contributed by atoms with Gasteiger partial charge < -0.3 is 10.0 Å². The third kappa shape index (κ3) is 5.28. The zero-order chi connectivity index (χ0) is 28.2. The minimum absolute atomic E-state index is 0.336. The lowest BCUT2D eigenvalue weighted by Gasteiger charge is -2.42. The summed E-state index contributed by atoms with van der Waals surface area (Å²) in [6.45, 7) is 1.82. The number of halogens is 3. The lowest BCUT2D eigenvalue weighted by atomic mass is 9.67. The molecule has 0 amide bonds. The van der Waals surface area contributed by atoms with Crippen LogP contribution in [0.4, 0.5) is 13.2 Å². The first kappa shape index (κ1) is 27.7. The Morgan fingerprint density at radius 2 is 1.10 bits per heavy atom. The zero-order valence-corrected chi connectivity index (χ0v) is 22.1. The van der Waals surface area contributed by atoms with Gasteiger partial charge in [-0.3, -0.25) is 4.79 Å². The Morgan fingerprint density at radius 3 is 1.48 bits per heavy atom. The number of rotatable bonds is 8. The van der Waals surface area contributed by atoms with Crippen molar-refractivity contribution in [3.05, 3.63) is 143 Å². The highest BCUT2D eigenvalue weighted by atomic mass is 19.4. The molecule has 3 nitrogen and oxygen atoms in total. The minimum atomic E-state index is -4.46. The van der Waals surface area contributed by atoms with Crippen LogP contribution in [0.15, 0.2) is 115 Å². The van der Waals surface area contributed by atoms with E-state index in [2.05, 4.69) is 77.7 Å². The molecule has 0 atom stereocenters. The molecule has 1 saturated heterocycles. The van der Waals surface area contributed by atoms with Crippen molar-refractivity contribution in [2.45, 2.75) is 36.3 Å². The van der Waals surface area contributed by atoms with E-state index in [-0.39, 0.29) is 0 Å². The summed E-state index contributed by atoms with van der Waals surface area (Å²) in [7, 11) is 0. The topological polar surface area (TPSA) is 40.5 Å². The van der Waals surface area contributed by atoms with Crippen molar-refractivity contribution in [1.82, 2.24) is 4.90 Å². The van der Waals surface area contributed by atoms with Crippen LogP contribution in [0.2, 0.25) is 0 Å². The van der Waals surface area contributed by atoms with Gasteiger partial charge in [-0.2, -0.15) is 13.2 Å². The molecular formula is C34H32F3NO2. The number of aliphatic carboxylic acids is 1. The summed E-state index contributed by atoms with van der Waals surface area (Å²) in [6, 6.07) is 36.0. The van der Waals surface area contributed by atoms with E-state index in [1.54, 1.807) is 0 Å². The van der Waals surface area contributed by atoms with Crippen LogP contribution in [0.1, 0.15) is 47.1 Å². The molecule has 1 aliphatic rings. The van der Waals surface area contributed by atoms with Crippen LogP contribution in [0, 0.1) is 0 Å². The quantitative estimate of drug-likeness (QED) is 0.233. The summed E-state index contributed by atoms with van der Waals surface area (Å²) < 4.78 is 39.3. The van der Waals surface area contributed by atoms with Crippen LogP contribution in [0.5, 0.6) is 0 Å². The summed E-state index contributed by atoms with van der Waals surface area (Å²) >= 11 is 0. The molecule has 4 aromatic rings. The van der Waals surface area contributed by atoms with Crippen LogP contribution < -0.4 is 0 Å². The van der Waals surface area contributed by atoms with Crippen molar-refractivity contribution in [1.29, 1.82) is 0 Å². The Kier molecular flexibility index (Phi) is 7.81. The molecule has 0 aliphatic carbocycles. The largest absolute Gasteiger partial charge is 0.481 e. The maximum Gasteiger partial charge on any atom is 0.416 e. The maximum atomic E-state index is 13.1. The van der Waals surface area contributed by atoms with Gasteiger partial charge in [0, 0.05) is 5.41 Å². The van der Waals surface area contributed by atoms with Gasteiger partial charge in [0.25, 0.3) is 0 Å². The Morgan fingerprint density at radius 1 is 0.675 bits per heavy atom. The van der Waals surface area contributed by atoms with E-state index < -0.39 is 28.5 Å². The second kappa shape index (κ2) is 11.3. The number of carboxylic acid groups (broad SMARTS) is 1. The molecule has 0 saturated carbocycles. The number of benzene rings is 4. The van der Waals surface area contributed by atoms with Crippen molar-refractivity contribution >= 4 is 5.97 Å². The number of hydrogen-bond donors (Lipinski definition) is 1. The third-order valence-electron chi connectivity index (χ3n) is 8.49. The predicted molar refractivity (Wildman–Crippen MR) is 150 cm³/mol. The average molecular weight is 544 g/mol. The van der Waals surface area contributed by atoms with E-state index in [0.29, 0.717) is 31.5 Å². The highest BCUT2D eigenvalue weighted by Crippen LogP contribution is 2.43. The summed E-state index contributed by atoms with van der Waals surface area (Å²) in [5.41, 5.74) is 1.62. The second-order valence-corrected chi connectivity index (χ2v) is 10.6. The van der Waals surface area contributed by atoms with Gasteiger partial charge >= 0.3 is 12.1 Å². The first-order valence-electron chi connectivity index (χ1n) is 13.6. The molecule has 40 heavy (non-hydrogen) atoms. The molecule has 0 bridgehead atoms. The normalized spacial score (nSPS) is 16.0. The third-order valence-corrected chi connectivity index (χ3v) is 8.49. The van der Waals surface area contributed by atoms with E-state index in [1.165, 1.54) is 28.8 Å². The van der Waals surface area contributed by atoms with E-state index in [4.69, 9.17) is 0 Å². The van der Waals surface area contributed by atoms with Gasteiger partial charge in [-0.1, -0.05) is 103 Å². The zero-order valence-electron chi connectivity index (χ0n) is 22.1. The Bertz CT molecular complexity index is 1300. The SMILES string of the molecule is O=C(O)C1(c2ccc(C(F)(F)F)cc2)CCN(CCC(c2ccccc2)(c2ccccc2)c2ccccc2)CC1. The lowest BCUT2D eigenvalue weighted by Crippen LogP contribution is -2.48. The van der Waals surface area contributed by atoms with Crippen LogP contribution in [0.3, 0.4) is 0 Å². The van der Waals surface area contributed by atoms with Gasteiger partial charge in [0.2, 0.25) is 0 Å². The molecule has 0 spiro atoms. The molecule has 5 rings (SSSR count). The Hall–Kier alpha value is -3.90. The van der Waals surface area contributed by atoms with Crippen molar-refractivity contribution in [3.63, 3.8) is 0 Å². The molecule has 4 aromatic carbocycles. The van der Waals surface area contributed by atoms with Crippen molar-refractivity contribution < 1.29 is 23.1 Å². The highest BCUT2D eigenvalue weighted by Gasteiger charge is 2.44. The van der Waals surface area contributed by atoms with Gasteiger partial charge in [0.1, 0.15) is 0 Å². The van der Waals surface area contributed by atoms with Gasteiger partial charge in [-0.15, -0.1) is 0 Å². The van der Waals surface area contributed by atoms with Crippen LogP contribution >= 0.6 is 0 Å². The van der Waals surface area contributed by atoms with E-state index in [1.807, 2.05) is 18.2 Å². The van der Waals surface area contributed by atoms with Crippen LogP contribution in [-0.2, 0) is 21.8 Å². The smallest absolute Gasteiger partial charge is 0.416 e. The van der Waals surface area contributed by atoms with Crippen LogP contribution in [-0.4, -0.2) is 35.6 Å². The molecule has 1 aliphatic heterocycles. The first-order valence-corrected chi connectivity index (χ1v) is 13.6. The summed E-state index contributed by atoms with van der Waals surface area (Å²) in [4.78, 5) is 14.8. The van der Waals surface area contributed by atoms with Gasteiger partial charge in [-0.25, -0.2) is 0 Å². The molecule has 1 N–H and O–H groups in total. The fraction of sp³-hybridized carbons (Fsp3) is 0.265. The number of piperidine rings is 1. The molecule has 6 heteroatoms. The molecule has 1 heterocycles. The molecule has 1 fully saturated rings. The number of hydrogen-bond acceptors (Lipinski definition) is 2. The predicted octanol–water partition coefficient (Wildman–Crippen LogP) is 7.55. The summed E-state index contributed by atoms with van der Waals surface area (Å²) in [5.74, 6) is -0.987. The van der Waals surface area contributed by atoms with Crippen molar-refractivity contribution in [3.8, 4) is 0 Å². The summed E-state index contributed by atoms with van der Waals surface area (Å²) in [5, 5.41) is 10.2. The maximum absolute atomic E-state index is 13.1. The summed E-state index contributed by atoms with van der Waals surface area (Å²) in [6.07, 6.45) is -3.00. The van der Waals surface area contributed by atoms with Gasteiger partial charge in [-0.05, 0) is 73.3 Å². The number of carboxylic acids is 1. The average Bonchev–Trinajstić information content (AvgIpc) is 2.99. The number of nitrogens with zero attached hydrogens (tertiary/aromatic N) is 1. The van der Waals surface area contributed by atoms with Gasteiger partial charge in [0.05, 0.1) is 11.0 Å². The Balaban J connectivity index is 1.41. The fourth-order valence-electron chi connectivity index (χ4n) is 6.19. The van der Waals surface area contributed by atoms with Crippen molar-refractivity contribution in [2.24, 2.45) is 0 Å².